The molecule has 152 valence electrons. The maximum Gasteiger partial charge on any atom is 0.308 e. The lowest BCUT2D eigenvalue weighted by Gasteiger charge is -2.12. The highest BCUT2D eigenvalue weighted by molar-refractivity contribution is 6.31. The molecule has 0 unspecified atom stereocenters. The van der Waals surface area contributed by atoms with E-state index in [9.17, 15) is 14.4 Å². The number of ether oxygens (including phenoxy) is 1. The number of benzene rings is 3. The van der Waals surface area contributed by atoms with E-state index in [4.69, 9.17) is 16.3 Å². The van der Waals surface area contributed by atoms with E-state index in [-0.39, 0.29) is 18.4 Å². The number of hydrogen-bond acceptors (Lipinski definition) is 4. The summed E-state index contributed by atoms with van der Waals surface area (Å²) in [4.78, 5) is 36.1. The van der Waals surface area contributed by atoms with Crippen LogP contribution in [-0.2, 0) is 11.3 Å². The van der Waals surface area contributed by atoms with Gasteiger partial charge in [-0.3, -0.25) is 14.4 Å². The molecule has 0 aromatic heterocycles. The second kappa shape index (κ2) is 9.71. The van der Waals surface area contributed by atoms with E-state index in [1.54, 1.807) is 54.6 Å². The van der Waals surface area contributed by atoms with Crippen molar-refractivity contribution in [2.45, 2.75) is 13.5 Å². The number of esters is 1. The average molecular weight is 423 g/mol. The molecule has 3 aromatic carbocycles. The van der Waals surface area contributed by atoms with E-state index in [0.717, 1.165) is 5.56 Å². The Balaban J connectivity index is 1.68. The molecular weight excluding hydrogens is 404 g/mol. The maximum atomic E-state index is 12.5. The van der Waals surface area contributed by atoms with Crippen LogP contribution in [0.3, 0.4) is 0 Å². The highest BCUT2D eigenvalue weighted by Crippen LogP contribution is 2.18. The van der Waals surface area contributed by atoms with Crippen molar-refractivity contribution in [3.8, 4) is 5.75 Å². The van der Waals surface area contributed by atoms with Crippen molar-refractivity contribution in [1.82, 2.24) is 5.32 Å². The van der Waals surface area contributed by atoms with Crippen molar-refractivity contribution in [2.24, 2.45) is 0 Å². The number of nitrogens with one attached hydrogen (secondary N) is 2. The van der Waals surface area contributed by atoms with Gasteiger partial charge < -0.3 is 15.4 Å². The molecular formula is C23H19ClN2O4. The Hall–Kier alpha value is -3.64. The van der Waals surface area contributed by atoms with Gasteiger partial charge in [0.25, 0.3) is 11.8 Å². The standard InChI is InChI=1S/C23H19ClN2O4/c1-15(27)30-20-10-5-8-17(13-20)22(28)25-14-18-6-2-3-11-21(18)26-23(29)16-7-4-9-19(24)12-16/h2-13H,14H2,1H3,(H,25,28)(H,26,29). The first-order valence-corrected chi connectivity index (χ1v) is 9.51. The van der Waals surface area contributed by atoms with E-state index in [0.29, 0.717) is 27.6 Å². The zero-order valence-electron chi connectivity index (χ0n) is 16.1. The number of carbonyl (C=O) groups is 3. The van der Waals surface area contributed by atoms with Gasteiger partial charge in [-0.2, -0.15) is 0 Å². The van der Waals surface area contributed by atoms with Crippen LogP contribution in [0.5, 0.6) is 5.75 Å². The van der Waals surface area contributed by atoms with E-state index in [1.807, 2.05) is 12.1 Å². The first-order chi connectivity index (χ1) is 14.4. The number of para-hydroxylation sites is 1. The summed E-state index contributed by atoms with van der Waals surface area (Å²) >= 11 is 5.95. The highest BCUT2D eigenvalue weighted by Gasteiger charge is 2.12. The van der Waals surface area contributed by atoms with Crippen LogP contribution < -0.4 is 15.4 Å². The molecule has 3 aromatic rings. The predicted octanol–water partition coefficient (Wildman–Crippen LogP) is 4.45. The molecule has 0 saturated heterocycles. The molecule has 2 N–H and O–H groups in total. The minimum absolute atomic E-state index is 0.197. The molecule has 0 saturated carbocycles. The quantitative estimate of drug-likeness (QED) is 0.454. The third-order valence-electron chi connectivity index (χ3n) is 4.15. The molecule has 0 spiro atoms. The third kappa shape index (κ3) is 5.68. The van der Waals surface area contributed by atoms with E-state index in [1.165, 1.54) is 13.0 Å². The predicted molar refractivity (Wildman–Crippen MR) is 115 cm³/mol. The fraction of sp³-hybridized carbons (Fsp3) is 0.0870. The van der Waals surface area contributed by atoms with Crippen LogP contribution in [0.15, 0.2) is 72.8 Å². The summed E-state index contributed by atoms with van der Waals surface area (Å²) in [6.07, 6.45) is 0. The summed E-state index contributed by atoms with van der Waals surface area (Å²) in [5.41, 5.74) is 2.10. The summed E-state index contributed by atoms with van der Waals surface area (Å²) in [6, 6.07) is 20.2. The van der Waals surface area contributed by atoms with Gasteiger partial charge in [0, 0.05) is 35.3 Å². The van der Waals surface area contributed by atoms with E-state index >= 15 is 0 Å². The Bertz CT molecular complexity index is 1100. The van der Waals surface area contributed by atoms with Crippen molar-refractivity contribution in [3.05, 3.63) is 94.5 Å². The first-order valence-electron chi connectivity index (χ1n) is 9.14. The number of rotatable bonds is 6. The monoisotopic (exact) mass is 422 g/mol. The van der Waals surface area contributed by atoms with Crippen molar-refractivity contribution >= 4 is 35.1 Å². The SMILES string of the molecule is CC(=O)Oc1cccc(C(=O)NCc2ccccc2NC(=O)c2cccc(Cl)c2)c1. The van der Waals surface area contributed by atoms with Crippen LogP contribution in [0.1, 0.15) is 33.2 Å². The van der Waals surface area contributed by atoms with E-state index in [2.05, 4.69) is 10.6 Å². The fourth-order valence-corrected chi connectivity index (χ4v) is 2.96. The van der Waals surface area contributed by atoms with Gasteiger partial charge in [0.1, 0.15) is 5.75 Å². The normalized spacial score (nSPS) is 10.2. The lowest BCUT2D eigenvalue weighted by atomic mass is 10.1. The Labute approximate surface area is 178 Å². The zero-order chi connectivity index (χ0) is 21.5. The molecule has 0 aliphatic carbocycles. The lowest BCUT2D eigenvalue weighted by molar-refractivity contribution is -0.131. The van der Waals surface area contributed by atoms with Gasteiger partial charge in [-0.15, -0.1) is 0 Å². The summed E-state index contributed by atoms with van der Waals surface area (Å²) in [5.74, 6) is -0.799. The van der Waals surface area contributed by atoms with Crippen LogP contribution in [0.2, 0.25) is 5.02 Å². The second-order valence-corrected chi connectivity index (χ2v) is 6.86. The minimum Gasteiger partial charge on any atom is -0.427 e. The molecule has 0 aliphatic heterocycles. The van der Waals surface area contributed by atoms with E-state index < -0.39 is 5.97 Å². The Morgan fingerprint density at radius 2 is 1.57 bits per heavy atom. The average Bonchev–Trinajstić information content (AvgIpc) is 2.72. The zero-order valence-corrected chi connectivity index (χ0v) is 16.9. The number of carbonyl (C=O) groups excluding carboxylic acids is 3. The van der Waals surface area contributed by atoms with Crippen molar-refractivity contribution in [3.63, 3.8) is 0 Å². The van der Waals surface area contributed by atoms with Crippen LogP contribution in [0.4, 0.5) is 5.69 Å². The Morgan fingerprint density at radius 3 is 2.30 bits per heavy atom. The lowest BCUT2D eigenvalue weighted by Crippen LogP contribution is -2.24. The smallest absolute Gasteiger partial charge is 0.308 e. The summed E-state index contributed by atoms with van der Waals surface area (Å²) in [6.45, 7) is 1.49. The largest absolute Gasteiger partial charge is 0.427 e. The number of anilines is 1. The van der Waals surface area contributed by atoms with Gasteiger partial charge >= 0.3 is 5.97 Å². The molecule has 30 heavy (non-hydrogen) atoms. The molecule has 6 nitrogen and oxygen atoms in total. The fourth-order valence-electron chi connectivity index (χ4n) is 2.76. The molecule has 0 aliphatic rings. The van der Waals surface area contributed by atoms with Gasteiger partial charge in [-0.25, -0.2) is 0 Å². The molecule has 7 heteroatoms. The molecule has 0 heterocycles. The number of halogens is 1. The number of amides is 2. The van der Waals surface area contributed by atoms with Crippen molar-refractivity contribution in [2.75, 3.05) is 5.32 Å². The number of hydrogen-bond donors (Lipinski definition) is 2. The van der Waals surface area contributed by atoms with Crippen molar-refractivity contribution in [1.29, 1.82) is 0 Å². The topological polar surface area (TPSA) is 84.5 Å². The van der Waals surface area contributed by atoms with Crippen molar-refractivity contribution < 1.29 is 19.1 Å². The highest BCUT2D eigenvalue weighted by atomic mass is 35.5. The molecule has 0 fully saturated rings. The molecule has 2 amide bonds. The van der Waals surface area contributed by atoms with Crippen LogP contribution in [0.25, 0.3) is 0 Å². The van der Waals surface area contributed by atoms with Gasteiger partial charge in [-0.1, -0.05) is 41.9 Å². The van der Waals surface area contributed by atoms with Crippen LogP contribution in [0, 0.1) is 0 Å². The molecule has 3 rings (SSSR count). The minimum atomic E-state index is -0.461. The van der Waals surface area contributed by atoms with Gasteiger partial charge in [0.05, 0.1) is 0 Å². The second-order valence-electron chi connectivity index (χ2n) is 6.43. The first kappa shape index (κ1) is 21.1. The summed E-state index contributed by atoms with van der Waals surface area (Å²) in [7, 11) is 0. The molecule has 0 atom stereocenters. The van der Waals surface area contributed by atoms with Crippen LogP contribution in [-0.4, -0.2) is 17.8 Å². The van der Waals surface area contributed by atoms with Crippen LogP contribution >= 0.6 is 11.6 Å². The maximum absolute atomic E-state index is 12.5. The Kier molecular flexibility index (Phi) is 6.83. The molecule has 0 bridgehead atoms. The summed E-state index contributed by atoms with van der Waals surface area (Å²) < 4.78 is 5.01. The van der Waals surface area contributed by atoms with Gasteiger partial charge in [0.15, 0.2) is 0 Å². The van der Waals surface area contributed by atoms with Gasteiger partial charge in [-0.05, 0) is 48.0 Å². The summed E-state index contributed by atoms with van der Waals surface area (Å²) in [5, 5.41) is 6.12. The third-order valence-corrected chi connectivity index (χ3v) is 4.38. The molecule has 0 radical (unpaired) electrons. The Morgan fingerprint density at radius 1 is 0.867 bits per heavy atom. The van der Waals surface area contributed by atoms with Gasteiger partial charge in [0.2, 0.25) is 0 Å².